The van der Waals surface area contributed by atoms with Crippen LogP contribution in [0.2, 0.25) is 0 Å². The highest BCUT2D eigenvalue weighted by molar-refractivity contribution is 5.74. The number of aliphatic carboxylic acids is 1. The number of carboxylic acids is 1. The Labute approximate surface area is 133 Å². The highest BCUT2D eigenvalue weighted by atomic mass is 16.5. The van der Waals surface area contributed by atoms with Gasteiger partial charge in [-0.1, -0.05) is 56.2 Å². The van der Waals surface area contributed by atoms with Gasteiger partial charge in [-0.3, -0.25) is 0 Å². The lowest BCUT2D eigenvalue weighted by atomic mass is 10.1. The normalized spacial score (nSPS) is 12.9. The fourth-order valence-corrected chi connectivity index (χ4v) is 1.92. The van der Waals surface area contributed by atoms with E-state index >= 15 is 0 Å². The average Bonchev–Trinajstić information content (AvgIpc) is 2.47. The highest BCUT2D eigenvalue weighted by Crippen LogP contribution is 2.13. The van der Waals surface area contributed by atoms with Gasteiger partial charge in [-0.2, -0.15) is 0 Å². The number of hydrogen-bond donors (Lipinski definition) is 3. The van der Waals surface area contributed by atoms with E-state index in [1.165, 1.54) is 0 Å². The quantitative estimate of drug-likeness (QED) is 0.273. The number of carbonyl (C=O) groups is 1. The Bertz CT molecular complexity index is 367. The second kappa shape index (κ2) is 13.3. The molecule has 0 unspecified atom stereocenters. The van der Waals surface area contributed by atoms with E-state index in [2.05, 4.69) is 43.4 Å². The molecular weight excluding hydrogens is 280 g/mol. The minimum atomic E-state index is -2.57. The molecule has 4 heteroatoms. The van der Waals surface area contributed by atoms with Gasteiger partial charge in [0.25, 0.3) is 5.79 Å². The minimum Gasteiger partial charge on any atom is -0.477 e. The highest BCUT2D eigenvalue weighted by Gasteiger charge is 2.31. The van der Waals surface area contributed by atoms with Crippen molar-refractivity contribution in [3.05, 3.63) is 36.5 Å². The van der Waals surface area contributed by atoms with Crippen molar-refractivity contribution in [2.24, 2.45) is 0 Å². The summed E-state index contributed by atoms with van der Waals surface area (Å²) >= 11 is 0. The first-order valence-corrected chi connectivity index (χ1v) is 8.14. The molecule has 0 saturated carbocycles. The maximum atomic E-state index is 10.5. The Morgan fingerprint density at radius 2 is 1.41 bits per heavy atom. The van der Waals surface area contributed by atoms with Crippen LogP contribution in [0.1, 0.15) is 64.7 Å². The van der Waals surface area contributed by atoms with E-state index < -0.39 is 11.8 Å². The fourth-order valence-electron chi connectivity index (χ4n) is 1.92. The lowest BCUT2D eigenvalue weighted by Gasteiger charge is -2.15. The summed E-state index contributed by atoms with van der Waals surface area (Å²) in [5.41, 5.74) is 0. The van der Waals surface area contributed by atoms with E-state index in [0.717, 1.165) is 44.9 Å². The Balaban J connectivity index is 3.44. The van der Waals surface area contributed by atoms with Crippen LogP contribution >= 0.6 is 0 Å². The van der Waals surface area contributed by atoms with Gasteiger partial charge in [0.05, 0.1) is 0 Å². The Hall–Kier alpha value is -1.39. The third-order valence-corrected chi connectivity index (χ3v) is 3.27. The van der Waals surface area contributed by atoms with Crippen LogP contribution < -0.4 is 0 Å². The second-order valence-electron chi connectivity index (χ2n) is 5.37. The van der Waals surface area contributed by atoms with Crippen LogP contribution in [-0.2, 0) is 4.79 Å². The van der Waals surface area contributed by atoms with Crippen molar-refractivity contribution in [2.45, 2.75) is 70.5 Å². The van der Waals surface area contributed by atoms with Crippen LogP contribution in [-0.4, -0.2) is 27.1 Å². The van der Waals surface area contributed by atoms with Crippen LogP contribution in [0.15, 0.2) is 36.5 Å². The molecule has 22 heavy (non-hydrogen) atoms. The molecule has 0 aromatic heterocycles. The molecule has 3 N–H and O–H groups in total. The maximum absolute atomic E-state index is 10.5. The number of allylic oxidation sites excluding steroid dienone is 6. The van der Waals surface area contributed by atoms with Gasteiger partial charge in [0.1, 0.15) is 0 Å². The number of rotatable bonds is 13. The van der Waals surface area contributed by atoms with Crippen molar-refractivity contribution in [2.75, 3.05) is 0 Å². The van der Waals surface area contributed by atoms with Gasteiger partial charge in [0.15, 0.2) is 0 Å². The summed E-state index contributed by atoms with van der Waals surface area (Å²) in [7, 11) is 0. The Morgan fingerprint density at radius 1 is 0.864 bits per heavy atom. The third-order valence-electron chi connectivity index (χ3n) is 3.27. The first kappa shape index (κ1) is 20.6. The Kier molecular flexibility index (Phi) is 12.4. The zero-order valence-electron chi connectivity index (χ0n) is 13.6. The fraction of sp³-hybridized carbons (Fsp3) is 0.611. The van der Waals surface area contributed by atoms with Crippen LogP contribution in [0, 0.1) is 0 Å². The van der Waals surface area contributed by atoms with Crippen LogP contribution in [0.4, 0.5) is 0 Å². The Morgan fingerprint density at radius 3 is 2.00 bits per heavy atom. The summed E-state index contributed by atoms with van der Waals surface area (Å²) < 4.78 is 0. The molecule has 0 spiro atoms. The summed E-state index contributed by atoms with van der Waals surface area (Å²) in [4.78, 5) is 10.5. The molecule has 0 atom stereocenters. The van der Waals surface area contributed by atoms with E-state index in [4.69, 9.17) is 15.3 Å². The van der Waals surface area contributed by atoms with Gasteiger partial charge in [-0.05, 0) is 38.5 Å². The molecule has 0 amide bonds. The van der Waals surface area contributed by atoms with Gasteiger partial charge in [-0.15, -0.1) is 0 Å². The zero-order valence-corrected chi connectivity index (χ0v) is 13.6. The molecule has 0 radical (unpaired) electrons. The van der Waals surface area contributed by atoms with E-state index in [1.54, 1.807) is 0 Å². The van der Waals surface area contributed by atoms with Crippen LogP contribution in [0.25, 0.3) is 0 Å². The van der Waals surface area contributed by atoms with Crippen molar-refractivity contribution in [1.82, 2.24) is 0 Å². The van der Waals surface area contributed by atoms with Crippen molar-refractivity contribution >= 4 is 5.97 Å². The van der Waals surface area contributed by atoms with Gasteiger partial charge in [0, 0.05) is 6.42 Å². The molecule has 0 rings (SSSR count). The summed E-state index contributed by atoms with van der Waals surface area (Å²) in [6, 6.07) is 0. The zero-order chi connectivity index (χ0) is 16.7. The SMILES string of the molecule is CCC=CCC=CCC=CCCCCCCC(O)(O)C(=O)O. The molecule has 0 saturated heterocycles. The third kappa shape index (κ3) is 12.4. The van der Waals surface area contributed by atoms with Crippen molar-refractivity contribution in [3.8, 4) is 0 Å². The summed E-state index contributed by atoms with van der Waals surface area (Å²) in [6.45, 7) is 2.12. The van der Waals surface area contributed by atoms with E-state index in [1.807, 2.05) is 0 Å². The topological polar surface area (TPSA) is 77.8 Å². The lowest BCUT2D eigenvalue weighted by Crippen LogP contribution is -2.37. The first-order valence-electron chi connectivity index (χ1n) is 8.14. The van der Waals surface area contributed by atoms with Crippen LogP contribution in [0.3, 0.4) is 0 Å². The van der Waals surface area contributed by atoms with Crippen molar-refractivity contribution < 1.29 is 20.1 Å². The number of unbranched alkanes of at least 4 members (excludes halogenated alkanes) is 4. The molecule has 0 aliphatic carbocycles. The van der Waals surface area contributed by atoms with Gasteiger partial charge >= 0.3 is 5.97 Å². The predicted molar refractivity (Wildman–Crippen MR) is 89.5 cm³/mol. The molecule has 4 nitrogen and oxygen atoms in total. The molecular formula is C18H30O4. The molecule has 0 fully saturated rings. The van der Waals surface area contributed by atoms with Crippen molar-refractivity contribution in [3.63, 3.8) is 0 Å². The standard InChI is InChI=1S/C18H30O4/c1-2-3-4-5-6-7-8-9-10-11-12-13-14-15-16-18(21,22)17(19)20/h3-4,6-7,9-10,21-22H,2,5,8,11-16H2,1H3,(H,19,20). The number of carboxylic acid groups (broad SMARTS) is 1. The van der Waals surface area contributed by atoms with E-state index in [9.17, 15) is 4.79 Å². The molecule has 126 valence electrons. The second-order valence-corrected chi connectivity index (χ2v) is 5.37. The molecule has 0 aliphatic rings. The monoisotopic (exact) mass is 310 g/mol. The summed E-state index contributed by atoms with van der Waals surface area (Å²) in [5, 5.41) is 26.8. The van der Waals surface area contributed by atoms with Crippen molar-refractivity contribution in [1.29, 1.82) is 0 Å². The summed E-state index contributed by atoms with van der Waals surface area (Å²) in [6.07, 6.45) is 20.2. The largest absolute Gasteiger partial charge is 0.477 e. The minimum absolute atomic E-state index is 0.116. The number of aliphatic hydroxyl groups is 2. The number of hydrogen-bond acceptors (Lipinski definition) is 3. The first-order chi connectivity index (χ1) is 10.5. The smallest absolute Gasteiger partial charge is 0.364 e. The molecule has 0 aliphatic heterocycles. The van der Waals surface area contributed by atoms with E-state index in [-0.39, 0.29) is 6.42 Å². The lowest BCUT2D eigenvalue weighted by molar-refractivity contribution is -0.205. The maximum Gasteiger partial charge on any atom is 0.364 e. The van der Waals surface area contributed by atoms with Crippen LogP contribution in [0.5, 0.6) is 0 Å². The van der Waals surface area contributed by atoms with Gasteiger partial charge in [-0.25, -0.2) is 4.79 Å². The van der Waals surface area contributed by atoms with Gasteiger partial charge in [0.2, 0.25) is 0 Å². The van der Waals surface area contributed by atoms with Gasteiger partial charge < -0.3 is 15.3 Å². The molecule has 0 aromatic rings. The molecule has 0 bridgehead atoms. The molecule has 0 heterocycles. The summed E-state index contributed by atoms with van der Waals surface area (Å²) in [5.74, 6) is -4.15. The predicted octanol–water partition coefficient (Wildman–Crippen LogP) is 3.95. The van der Waals surface area contributed by atoms with E-state index in [0.29, 0.717) is 6.42 Å². The molecule has 0 aromatic carbocycles. The average molecular weight is 310 g/mol.